The maximum absolute atomic E-state index is 5.83. The molecule has 1 fully saturated rings. The molecule has 0 saturated carbocycles. The van der Waals surface area contributed by atoms with Gasteiger partial charge in [-0.25, -0.2) is 0 Å². The number of aromatic nitrogens is 1. The Kier molecular flexibility index (Phi) is 2.65. The first kappa shape index (κ1) is 10.8. The molecule has 1 aliphatic heterocycles. The summed E-state index contributed by atoms with van der Waals surface area (Å²) in [7, 11) is 0. The van der Waals surface area contributed by atoms with Crippen molar-refractivity contribution in [3.8, 4) is 0 Å². The van der Waals surface area contributed by atoms with Gasteiger partial charge in [0, 0.05) is 11.2 Å². The number of nitrogens with one attached hydrogen (secondary N) is 2. The number of hydrogen-bond acceptors (Lipinski definition) is 2. The van der Waals surface area contributed by atoms with E-state index in [4.69, 9.17) is 5.73 Å². The van der Waals surface area contributed by atoms with E-state index < -0.39 is 0 Å². The summed E-state index contributed by atoms with van der Waals surface area (Å²) >= 11 is 0. The SMILES string of the molecule is Cc1ccc2[nH]c(C3NCCC3CN)cc2c1. The molecule has 0 bridgehead atoms. The summed E-state index contributed by atoms with van der Waals surface area (Å²) in [4.78, 5) is 3.51. The molecular formula is C14H19N3. The van der Waals surface area contributed by atoms with E-state index in [1.807, 2.05) is 0 Å². The first-order valence-corrected chi connectivity index (χ1v) is 6.30. The van der Waals surface area contributed by atoms with Crippen molar-refractivity contribution in [1.29, 1.82) is 0 Å². The predicted octanol–water partition coefficient (Wildman–Crippen LogP) is 2.09. The molecule has 0 spiro atoms. The lowest BCUT2D eigenvalue weighted by atomic mass is 9.98. The Morgan fingerprint density at radius 1 is 1.35 bits per heavy atom. The molecule has 3 rings (SSSR count). The molecule has 2 unspecified atom stereocenters. The van der Waals surface area contributed by atoms with E-state index in [0.29, 0.717) is 12.0 Å². The minimum atomic E-state index is 0.396. The van der Waals surface area contributed by atoms with E-state index in [2.05, 4.69) is 41.5 Å². The van der Waals surface area contributed by atoms with Crippen molar-refractivity contribution in [2.24, 2.45) is 11.7 Å². The Bertz CT molecular complexity index is 529. The number of hydrogen-bond donors (Lipinski definition) is 3. The summed E-state index contributed by atoms with van der Waals surface area (Å²) < 4.78 is 0. The van der Waals surface area contributed by atoms with E-state index >= 15 is 0 Å². The first-order chi connectivity index (χ1) is 8.28. The van der Waals surface area contributed by atoms with Crippen LogP contribution in [0, 0.1) is 12.8 Å². The van der Waals surface area contributed by atoms with Crippen molar-refractivity contribution < 1.29 is 0 Å². The number of aryl methyl sites for hydroxylation is 1. The molecule has 0 radical (unpaired) electrons. The lowest BCUT2D eigenvalue weighted by Crippen LogP contribution is -2.23. The minimum Gasteiger partial charge on any atom is -0.357 e. The molecule has 2 aromatic rings. The lowest BCUT2D eigenvalue weighted by molar-refractivity contribution is 0.466. The molecule has 1 saturated heterocycles. The minimum absolute atomic E-state index is 0.396. The zero-order chi connectivity index (χ0) is 11.8. The molecule has 4 N–H and O–H groups in total. The van der Waals surface area contributed by atoms with E-state index in [-0.39, 0.29) is 0 Å². The smallest absolute Gasteiger partial charge is 0.0514 e. The number of fused-ring (bicyclic) bond motifs is 1. The molecule has 1 aromatic carbocycles. The average molecular weight is 229 g/mol. The molecule has 2 heterocycles. The number of rotatable bonds is 2. The van der Waals surface area contributed by atoms with Crippen molar-refractivity contribution in [3.63, 3.8) is 0 Å². The van der Waals surface area contributed by atoms with Crippen molar-refractivity contribution in [2.45, 2.75) is 19.4 Å². The number of aromatic amines is 1. The standard InChI is InChI=1S/C14H19N3/c1-9-2-3-12-11(6-9)7-13(17-12)14-10(8-15)4-5-16-14/h2-3,6-7,10,14,16-17H,4-5,8,15H2,1H3. The highest BCUT2D eigenvalue weighted by Gasteiger charge is 2.27. The largest absolute Gasteiger partial charge is 0.357 e. The third kappa shape index (κ3) is 1.85. The molecule has 0 aliphatic carbocycles. The predicted molar refractivity (Wildman–Crippen MR) is 70.9 cm³/mol. The van der Waals surface area contributed by atoms with Crippen LogP contribution in [0.4, 0.5) is 0 Å². The molecule has 1 aliphatic rings. The first-order valence-electron chi connectivity index (χ1n) is 6.30. The van der Waals surface area contributed by atoms with E-state index in [1.54, 1.807) is 0 Å². The highest BCUT2D eigenvalue weighted by atomic mass is 15.0. The van der Waals surface area contributed by atoms with Crippen LogP contribution in [0.2, 0.25) is 0 Å². The summed E-state index contributed by atoms with van der Waals surface area (Å²) in [5, 5.41) is 4.83. The van der Waals surface area contributed by atoms with Gasteiger partial charge >= 0.3 is 0 Å². The maximum Gasteiger partial charge on any atom is 0.0514 e. The monoisotopic (exact) mass is 229 g/mol. The zero-order valence-corrected chi connectivity index (χ0v) is 10.2. The van der Waals surface area contributed by atoms with Gasteiger partial charge < -0.3 is 16.0 Å². The van der Waals surface area contributed by atoms with Crippen LogP contribution in [0.3, 0.4) is 0 Å². The molecule has 0 amide bonds. The fourth-order valence-electron chi connectivity index (χ4n) is 2.82. The third-order valence-corrected chi connectivity index (χ3v) is 3.79. The molecular weight excluding hydrogens is 210 g/mol. The summed E-state index contributed by atoms with van der Waals surface area (Å²) in [6, 6.07) is 9.18. The van der Waals surface area contributed by atoms with Gasteiger partial charge in [-0.1, -0.05) is 11.6 Å². The normalized spacial score (nSPS) is 24.6. The van der Waals surface area contributed by atoms with Crippen LogP contribution in [0.5, 0.6) is 0 Å². The van der Waals surface area contributed by atoms with Crippen LogP contribution in [0.25, 0.3) is 10.9 Å². The third-order valence-electron chi connectivity index (χ3n) is 3.79. The van der Waals surface area contributed by atoms with Crippen molar-refractivity contribution in [3.05, 3.63) is 35.5 Å². The Hall–Kier alpha value is -1.32. The van der Waals surface area contributed by atoms with Gasteiger partial charge in [-0.2, -0.15) is 0 Å². The Balaban J connectivity index is 2.00. The van der Waals surface area contributed by atoms with E-state index in [0.717, 1.165) is 13.1 Å². The molecule has 2 atom stereocenters. The lowest BCUT2D eigenvalue weighted by Gasteiger charge is -2.16. The summed E-state index contributed by atoms with van der Waals surface area (Å²) in [6.45, 7) is 3.95. The molecule has 3 heteroatoms. The summed E-state index contributed by atoms with van der Waals surface area (Å²) in [6.07, 6.45) is 1.18. The van der Waals surface area contributed by atoms with Crippen LogP contribution in [-0.2, 0) is 0 Å². The Morgan fingerprint density at radius 2 is 2.24 bits per heavy atom. The van der Waals surface area contributed by atoms with Crippen LogP contribution in [0.15, 0.2) is 24.3 Å². The van der Waals surface area contributed by atoms with Crippen molar-refractivity contribution in [2.75, 3.05) is 13.1 Å². The van der Waals surface area contributed by atoms with Crippen LogP contribution < -0.4 is 11.1 Å². The second-order valence-corrected chi connectivity index (χ2v) is 5.03. The highest BCUT2D eigenvalue weighted by Crippen LogP contribution is 2.30. The second-order valence-electron chi connectivity index (χ2n) is 5.03. The van der Waals surface area contributed by atoms with Gasteiger partial charge in [-0.15, -0.1) is 0 Å². The molecule has 1 aromatic heterocycles. The summed E-state index contributed by atoms with van der Waals surface area (Å²) in [5.41, 5.74) is 9.62. The van der Waals surface area contributed by atoms with Gasteiger partial charge in [0.05, 0.1) is 6.04 Å². The maximum atomic E-state index is 5.83. The molecule has 17 heavy (non-hydrogen) atoms. The van der Waals surface area contributed by atoms with Gasteiger partial charge in [0.2, 0.25) is 0 Å². The highest BCUT2D eigenvalue weighted by molar-refractivity contribution is 5.81. The van der Waals surface area contributed by atoms with E-state index in [9.17, 15) is 0 Å². The topological polar surface area (TPSA) is 53.8 Å². The fraction of sp³-hybridized carbons (Fsp3) is 0.429. The van der Waals surface area contributed by atoms with Gasteiger partial charge in [0.15, 0.2) is 0 Å². The Labute approximate surface area is 101 Å². The Morgan fingerprint density at radius 3 is 3.06 bits per heavy atom. The van der Waals surface area contributed by atoms with E-state index in [1.165, 1.54) is 28.6 Å². The number of H-pyrrole nitrogens is 1. The second kappa shape index (κ2) is 4.17. The number of nitrogens with two attached hydrogens (primary N) is 1. The van der Waals surface area contributed by atoms with Crippen molar-refractivity contribution >= 4 is 10.9 Å². The van der Waals surface area contributed by atoms with Gasteiger partial charge in [-0.3, -0.25) is 0 Å². The summed E-state index contributed by atoms with van der Waals surface area (Å²) in [5.74, 6) is 0.559. The van der Waals surface area contributed by atoms with Gasteiger partial charge in [0.25, 0.3) is 0 Å². The van der Waals surface area contributed by atoms with Crippen LogP contribution in [-0.4, -0.2) is 18.1 Å². The van der Waals surface area contributed by atoms with Crippen molar-refractivity contribution in [1.82, 2.24) is 10.3 Å². The average Bonchev–Trinajstić information content (AvgIpc) is 2.93. The molecule has 90 valence electrons. The fourth-order valence-corrected chi connectivity index (χ4v) is 2.82. The van der Waals surface area contributed by atoms with Gasteiger partial charge in [-0.05, 0) is 55.9 Å². The van der Waals surface area contributed by atoms with Crippen LogP contribution in [0.1, 0.15) is 23.7 Å². The van der Waals surface area contributed by atoms with Gasteiger partial charge in [0.1, 0.15) is 0 Å². The van der Waals surface area contributed by atoms with Crippen LogP contribution >= 0.6 is 0 Å². The number of benzene rings is 1. The zero-order valence-electron chi connectivity index (χ0n) is 10.2. The molecule has 3 nitrogen and oxygen atoms in total. The quantitative estimate of drug-likeness (QED) is 0.738.